The lowest BCUT2D eigenvalue weighted by molar-refractivity contribution is -0.137. The van der Waals surface area contributed by atoms with Gasteiger partial charge < -0.3 is 15.0 Å². The highest BCUT2D eigenvalue weighted by molar-refractivity contribution is 5.90. The van der Waals surface area contributed by atoms with Crippen molar-refractivity contribution in [3.63, 3.8) is 0 Å². The van der Waals surface area contributed by atoms with Crippen LogP contribution in [0.2, 0.25) is 0 Å². The Labute approximate surface area is 179 Å². The molecule has 0 spiro atoms. The summed E-state index contributed by atoms with van der Waals surface area (Å²) in [5.41, 5.74) is 2.34. The first-order valence-corrected chi connectivity index (χ1v) is 10.9. The zero-order valence-electron chi connectivity index (χ0n) is 18.5. The molecule has 0 saturated heterocycles. The lowest BCUT2D eigenvalue weighted by Gasteiger charge is -2.40. The summed E-state index contributed by atoms with van der Waals surface area (Å²) < 4.78 is 5.27. The predicted molar refractivity (Wildman–Crippen MR) is 117 cm³/mol. The Morgan fingerprint density at radius 3 is 2.43 bits per heavy atom. The molecule has 1 aliphatic heterocycles. The number of amides is 1. The fourth-order valence-electron chi connectivity index (χ4n) is 4.46. The van der Waals surface area contributed by atoms with E-state index >= 15 is 0 Å². The molecule has 0 atom stereocenters. The summed E-state index contributed by atoms with van der Waals surface area (Å²) in [4.78, 5) is 25.1. The van der Waals surface area contributed by atoms with E-state index in [0.717, 1.165) is 54.2 Å². The lowest BCUT2D eigenvalue weighted by atomic mass is 9.80. The van der Waals surface area contributed by atoms with Crippen LogP contribution in [0, 0.1) is 0 Å². The van der Waals surface area contributed by atoms with Crippen molar-refractivity contribution in [3.8, 4) is 5.75 Å². The number of nitrogens with zero attached hydrogens (tertiary/aromatic N) is 3. The van der Waals surface area contributed by atoms with Gasteiger partial charge in [-0.2, -0.15) is 0 Å². The summed E-state index contributed by atoms with van der Waals surface area (Å²) in [6.07, 6.45) is 6.90. The summed E-state index contributed by atoms with van der Waals surface area (Å²) >= 11 is 0. The molecule has 6 heteroatoms. The second-order valence-electron chi connectivity index (χ2n) is 9.57. The van der Waals surface area contributed by atoms with E-state index in [1.807, 2.05) is 35.4 Å². The summed E-state index contributed by atoms with van der Waals surface area (Å²) in [7, 11) is 1.66. The quantitative estimate of drug-likeness (QED) is 0.810. The smallest absolute Gasteiger partial charge is 0.248 e. The number of hydrogen-bond acceptors (Lipinski definition) is 5. The van der Waals surface area contributed by atoms with Gasteiger partial charge in [-0.05, 0) is 37.1 Å². The van der Waals surface area contributed by atoms with Crippen LogP contribution in [0.3, 0.4) is 0 Å². The molecule has 0 unspecified atom stereocenters. The third-order valence-electron chi connectivity index (χ3n) is 6.20. The van der Waals surface area contributed by atoms with E-state index in [2.05, 4.69) is 31.1 Å². The van der Waals surface area contributed by atoms with Gasteiger partial charge in [-0.1, -0.05) is 40.0 Å². The minimum Gasteiger partial charge on any atom is -0.497 e. The van der Waals surface area contributed by atoms with Crippen molar-refractivity contribution in [1.29, 1.82) is 0 Å². The molecule has 160 valence electrons. The van der Waals surface area contributed by atoms with E-state index in [0.29, 0.717) is 13.1 Å². The molecular weight excluding hydrogens is 376 g/mol. The van der Waals surface area contributed by atoms with Gasteiger partial charge >= 0.3 is 0 Å². The van der Waals surface area contributed by atoms with Gasteiger partial charge in [0, 0.05) is 29.4 Å². The Morgan fingerprint density at radius 1 is 1.10 bits per heavy atom. The molecule has 1 aromatic carbocycles. The van der Waals surface area contributed by atoms with Gasteiger partial charge in [-0.3, -0.25) is 4.79 Å². The van der Waals surface area contributed by atoms with Crippen LogP contribution in [-0.2, 0) is 23.3 Å². The number of anilines is 1. The zero-order valence-corrected chi connectivity index (χ0v) is 18.5. The van der Waals surface area contributed by atoms with Crippen LogP contribution in [0.1, 0.15) is 70.0 Å². The van der Waals surface area contributed by atoms with Gasteiger partial charge in [0.05, 0.1) is 19.3 Å². The largest absolute Gasteiger partial charge is 0.497 e. The van der Waals surface area contributed by atoms with Crippen molar-refractivity contribution in [2.24, 2.45) is 0 Å². The molecule has 2 aromatic rings. The molecule has 1 fully saturated rings. The van der Waals surface area contributed by atoms with E-state index in [4.69, 9.17) is 9.72 Å². The molecule has 1 amide bonds. The molecule has 1 saturated carbocycles. The number of fused-ring (bicyclic) bond motifs is 1. The molecule has 2 aliphatic rings. The van der Waals surface area contributed by atoms with Crippen molar-refractivity contribution in [2.45, 2.75) is 76.9 Å². The van der Waals surface area contributed by atoms with E-state index in [1.54, 1.807) is 7.11 Å². The van der Waals surface area contributed by atoms with Gasteiger partial charge in [0.1, 0.15) is 17.1 Å². The highest BCUT2D eigenvalue weighted by Crippen LogP contribution is 2.36. The molecule has 1 aromatic heterocycles. The minimum absolute atomic E-state index is 0.104. The van der Waals surface area contributed by atoms with Gasteiger partial charge in [0.15, 0.2) is 0 Å². The van der Waals surface area contributed by atoms with Crippen LogP contribution < -0.4 is 10.1 Å². The second-order valence-corrected chi connectivity index (χ2v) is 9.57. The summed E-state index contributed by atoms with van der Waals surface area (Å²) in [6.45, 7) is 7.49. The summed E-state index contributed by atoms with van der Waals surface area (Å²) in [6, 6.07) is 7.84. The molecule has 30 heavy (non-hydrogen) atoms. The molecule has 1 aliphatic carbocycles. The minimum atomic E-state index is -0.560. The first-order valence-electron chi connectivity index (χ1n) is 10.9. The molecular formula is C24H32N4O2. The predicted octanol–water partition coefficient (Wildman–Crippen LogP) is 4.44. The number of benzene rings is 1. The van der Waals surface area contributed by atoms with E-state index < -0.39 is 5.54 Å². The molecule has 0 bridgehead atoms. The number of rotatable bonds is 4. The topological polar surface area (TPSA) is 67.3 Å². The standard InChI is InChI=1S/C24H32N4O2/c1-23(2,3)21-25-14-17-15-28(16-20(17)26-21)22(29)24(12-6-5-7-13-24)27-18-8-10-19(30-4)11-9-18/h8-11,14,27H,5-7,12-13,15-16H2,1-4H3. The molecule has 4 rings (SSSR count). The number of hydrogen-bond donors (Lipinski definition) is 1. The van der Waals surface area contributed by atoms with Gasteiger partial charge in [0.2, 0.25) is 5.91 Å². The van der Waals surface area contributed by atoms with Crippen molar-refractivity contribution >= 4 is 11.6 Å². The van der Waals surface area contributed by atoms with Crippen molar-refractivity contribution < 1.29 is 9.53 Å². The molecule has 6 nitrogen and oxygen atoms in total. The number of carbonyl (C=O) groups excluding carboxylic acids is 1. The summed E-state index contributed by atoms with van der Waals surface area (Å²) in [5.74, 6) is 1.82. The Morgan fingerprint density at radius 2 is 1.80 bits per heavy atom. The van der Waals surface area contributed by atoms with Crippen molar-refractivity contribution in [3.05, 3.63) is 47.5 Å². The number of aromatic nitrogens is 2. The average molecular weight is 409 g/mol. The van der Waals surface area contributed by atoms with Crippen LogP contribution in [-0.4, -0.2) is 33.4 Å². The Bertz CT molecular complexity index is 912. The highest BCUT2D eigenvalue weighted by atomic mass is 16.5. The Balaban J connectivity index is 1.56. The maximum atomic E-state index is 13.8. The number of methoxy groups -OCH3 is 1. The monoisotopic (exact) mass is 408 g/mol. The van der Waals surface area contributed by atoms with E-state index in [1.165, 1.54) is 6.42 Å². The maximum Gasteiger partial charge on any atom is 0.248 e. The SMILES string of the molecule is COc1ccc(NC2(C(=O)N3Cc4cnc(C(C)(C)C)nc4C3)CCCCC2)cc1. The third-order valence-corrected chi connectivity index (χ3v) is 6.20. The maximum absolute atomic E-state index is 13.8. The fraction of sp³-hybridized carbons (Fsp3) is 0.542. The molecule has 0 radical (unpaired) electrons. The highest BCUT2D eigenvalue weighted by Gasteiger charge is 2.43. The molecule has 1 N–H and O–H groups in total. The Kier molecular flexibility index (Phi) is 5.43. The van der Waals surface area contributed by atoms with Crippen LogP contribution in [0.4, 0.5) is 5.69 Å². The van der Waals surface area contributed by atoms with Gasteiger partial charge in [-0.15, -0.1) is 0 Å². The fourth-order valence-corrected chi connectivity index (χ4v) is 4.46. The van der Waals surface area contributed by atoms with Crippen molar-refractivity contribution in [1.82, 2.24) is 14.9 Å². The van der Waals surface area contributed by atoms with Crippen LogP contribution in [0.15, 0.2) is 30.5 Å². The van der Waals surface area contributed by atoms with Crippen LogP contribution in [0.5, 0.6) is 5.75 Å². The van der Waals surface area contributed by atoms with Crippen LogP contribution >= 0.6 is 0 Å². The van der Waals surface area contributed by atoms with Crippen LogP contribution in [0.25, 0.3) is 0 Å². The average Bonchev–Trinajstić information content (AvgIpc) is 3.17. The van der Waals surface area contributed by atoms with E-state index in [9.17, 15) is 4.79 Å². The van der Waals surface area contributed by atoms with Gasteiger partial charge in [0.25, 0.3) is 0 Å². The zero-order chi connectivity index (χ0) is 21.4. The third kappa shape index (κ3) is 4.00. The number of ether oxygens (including phenoxy) is 1. The van der Waals surface area contributed by atoms with E-state index in [-0.39, 0.29) is 11.3 Å². The number of carbonyl (C=O) groups is 1. The number of nitrogens with one attached hydrogen (secondary N) is 1. The normalized spacial score (nSPS) is 18.1. The first-order chi connectivity index (χ1) is 14.3. The lowest BCUT2D eigenvalue weighted by Crippen LogP contribution is -2.53. The van der Waals surface area contributed by atoms with Gasteiger partial charge in [-0.25, -0.2) is 9.97 Å². The Hall–Kier alpha value is -2.63. The second kappa shape index (κ2) is 7.89. The summed E-state index contributed by atoms with van der Waals surface area (Å²) in [5, 5.41) is 3.60. The molecule has 2 heterocycles. The first kappa shape index (κ1) is 20.6. The van der Waals surface area contributed by atoms with Crippen molar-refractivity contribution in [2.75, 3.05) is 12.4 Å².